The summed E-state index contributed by atoms with van der Waals surface area (Å²) in [6.07, 6.45) is 0. The van der Waals surface area contributed by atoms with Crippen LogP contribution in [0.2, 0.25) is 0 Å². The van der Waals surface area contributed by atoms with Crippen LogP contribution >= 0.6 is 0 Å². The molecule has 0 fully saturated rings. The van der Waals surface area contributed by atoms with Crippen molar-refractivity contribution in [2.24, 2.45) is 0 Å². The molecule has 1 amide bonds. The molecule has 0 aliphatic heterocycles. The van der Waals surface area contributed by atoms with Gasteiger partial charge < -0.3 is 14.8 Å². The van der Waals surface area contributed by atoms with Gasteiger partial charge in [-0.1, -0.05) is 24.3 Å². The van der Waals surface area contributed by atoms with Gasteiger partial charge in [-0.3, -0.25) is 4.79 Å². The highest BCUT2D eigenvalue weighted by Gasteiger charge is 2.11. The molecule has 1 unspecified atom stereocenters. The molecule has 2 aromatic rings. The molecule has 0 aliphatic rings. The van der Waals surface area contributed by atoms with E-state index in [1.807, 2.05) is 57.2 Å². The van der Waals surface area contributed by atoms with Crippen LogP contribution in [0.1, 0.15) is 31.0 Å². The minimum absolute atomic E-state index is 0.00972. The molecule has 4 heteroatoms. The molecule has 2 aromatic carbocycles. The summed E-state index contributed by atoms with van der Waals surface area (Å²) < 4.78 is 10.9. The molecule has 0 aromatic heterocycles. The first-order valence-electron chi connectivity index (χ1n) is 7.80. The van der Waals surface area contributed by atoms with Gasteiger partial charge in [-0.2, -0.15) is 0 Å². The van der Waals surface area contributed by atoms with E-state index < -0.39 is 0 Å². The van der Waals surface area contributed by atoms with Crippen LogP contribution in [0.15, 0.2) is 48.5 Å². The smallest absolute Gasteiger partial charge is 0.258 e. The molecule has 1 atom stereocenters. The number of benzene rings is 2. The Bertz CT molecular complexity index is 637. The predicted molar refractivity (Wildman–Crippen MR) is 90.8 cm³/mol. The van der Waals surface area contributed by atoms with Gasteiger partial charge in [0.2, 0.25) is 0 Å². The van der Waals surface area contributed by atoms with Gasteiger partial charge in [0, 0.05) is 0 Å². The Labute approximate surface area is 137 Å². The fourth-order valence-corrected chi connectivity index (χ4v) is 2.38. The number of aryl methyl sites for hydroxylation is 1. The summed E-state index contributed by atoms with van der Waals surface area (Å²) in [7, 11) is 0. The van der Waals surface area contributed by atoms with Gasteiger partial charge in [0.05, 0.1) is 12.6 Å². The molecule has 0 aliphatic carbocycles. The van der Waals surface area contributed by atoms with Crippen molar-refractivity contribution in [2.75, 3.05) is 13.2 Å². The highest BCUT2D eigenvalue weighted by Crippen LogP contribution is 2.18. The van der Waals surface area contributed by atoms with Crippen LogP contribution in [0.3, 0.4) is 0 Å². The van der Waals surface area contributed by atoms with E-state index in [0.717, 1.165) is 16.9 Å². The molecule has 0 heterocycles. The third-order valence-electron chi connectivity index (χ3n) is 3.54. The first kappa shape index (κ1) is 16.9. The molecule has 0 spiro atoms. The van der Waals surface area contributed by atoms with Crippen LogP contribution in [0.5, 0.6) is 11.5 Å². The van der Waals surface area contributed by atoms with E-state index in [4.69, 9.17) is 9.47 Å². The first-order chi connectivity index (χ1) is 11.1. The molecular formula is C19H23NO3. The lowest BCUT2D eigenvalue weighted by Gasteiger charge is -2.16. The third-order valence-corrected chi connectivity index (χ3v) is 3.54. The standard InChI is InChI=1S/C19H23NO3/c1-4-22-16-9-11-17(12-10-16)23-13-19(21)20-15(3)18-8-6-5-7-14(18)2/h5-12,15H,4,13H2,1-3H3,(H,20,21). The van der Waals surface area contributed by atoms with Gasteiger partial charge in [0.25, 0.3) is 5.91 Å². The van der Waals surface area contributed by atoms with E-state index in [2.05, 4.69) is 5.32 Å². The van der Waals surface area contributed by atoms with Crippen molar-refractivity contribution in [1.82, 2.24) is 5.32 Å². The van der Waals surface area contributed by atoms with E-state index in [1.165, 1.54) is 0 Å². The first-order valence-corrected chi connectivity index (χ1v) is 7.80. The topological polar surface area (TPSA) is 47.6 Å². The highest BCUT2D eigenvalue weighted by atomic mass is 16.5. The number of carbonyl (C=O) groups is 1. The second kappa shape index (κ2) is 8.22. The summed E-state index contributed by atoms with van der Waals surface area (Å²) in [6.45, 7) is 6.56. The third kappa shape index (κ3) is 5.02. The number of nitrogens with one attached hydrogen (secondary N) is 1. The fourth-order valence-electron chi connectivity index (χ4n) is 2.38. The molecule has 122 valence electrons. The van der Waals surface area contributed by atoms with E-state index in [-0.39, 0.29) is 18.6 Å². The molecule has 0 saturated heterocycles. The maximum Gasteiger partial charge on any atom is 0.258 e. The summed E-state index contributed by atoms with van der Waals surface area (Å²) in [5, 5.41) is 2.95. The maximum atomic E-state index is 12.0. The lowest BCUT2D eigenvalue weighted by Crippen LogP contribution is -2.31. The van der Waals surface area contributed by atoms with Crippen molar-refractivity contribution in [3.8, 4) is 11.5 Å². The van der Waals surface area contributed by atoms with E-state index in [1.54, 1.807) is 12.1 Å². The van der Waals surface area contributed by atoms with Crippen LogP contribution in [-0.2, 0) is 4.79 Å². The van der Waals surface area contributed by atoms with Gasteiger partial charge in [-0.25, -0.2) is 0 Å². The van der Waals surface area contributed by atoms with Crippen molar-refractivity contribution >= 4 is 5.91 Å². The minimum atomic E-state index is -0.144. The largest absolute Gasteiger partial charge is 0.494 e. The van der Waals surface area contributed by atoms with Gasteiger partial charge in [0.15, 0.2) is 6.61 Å². The second-order valence-corrected chi connectivity index (χ2v) is 5.34. The van der Waals surface area contributed by atoms with Crippen LogP contribution in [0, 0.1) is 6.92 Å². The Balaban J connectivity index is 1.84. The Morgan fingerprint density at radius 2 is 1.65 bits per heavy atom. The molecule has 2 rings (SSSR count). The van der Waals surface area contributed by atoms with Crippen LogP contribution < -0.4 is 14.8 Å². The number of rotatable bonds is 7. The Hall–Kier alpha value is -2.49. The van der Waals surface area contributed by atoms with E-state index >= 15 is 0 Å². The van der Waals surface area contributed by atoms with Gasteiger partial charge >= 0.3 is 0 Å². The highest BCUT2D eigenvalue weighted by molar-refractivity contribution is 5.78. The molecule has 4 nitrogen and oxygen atoms in total. The lowest BCUT2D eigenvalue weighted by atomic mass is 10.0. The number of hydrogen-bond donors (Lipinski definition) is 1. The molecule has 1 N–H and O–H groups in total. The van der Waals surface area contributed by atoms with Crippen LogP contribution in [0.25, 0.3) is 0 Å². The summed E-state index contributed by atoms with van der Waals surface area (Å²) in [5.41, 5.74) is 2.27. The molecule has 0 bridgehead atoms. The average molecular weight is 313 g/mol. The summed E-state index contributed by atoms with van der Waals surface area (Å²) in [5.74, 6) is 1.29. The van der Waals surface area contributed by atoms with Crippen LogP contribution in [0.4, 0.5) is 0 Å². The zero-order valence-corrected chi connectivity index (χ0v) is 13.8. The summed E-state index contributed by atoms with van der Waals surface area (Å²) in [4.78, 5) is 12.0. The molecule has 0 saturated carbocycles. The zero-order chi connectivity index (χ0) is 16.7. The molecule has 23 heavy (non-hydrogen) atoms. The van der Waals surface area contributed by atoms with Crippen molar-refractivity contribution in [2.45, 2.75) is 26.8 Å². The lowest BCUT2D eigenvalue weighted by molar-refractivity contribution is -0.123. The SMILES string of the molecule is CCOc1ccc(OCC(=O)NC(C)c2ccccc2C)cc1. The van der Waals surface area contributed by atoms with Crippen LogP contribution in [-0.4, -0.2) is 19.1 Å². The van der Waals surface area contributed by atoms with Gasteiger partial charge in [0.1, 0.15) is 11.5 Å². The van der Waals surface area contributed by atoms with Crippen molar-refractivity contribution in [1.29, 1.82) is 0 Å². The summed E-state index contributed by atoms with van der Waals surface area (Å²) in [6, 6.07) is 15.2. The average Bonchev–Trinajstić information content (AvgIpc) is 2.55. The monoisotopic (exact) mass is 313 g/mol. The number of amides is 1. The number of ether oxygens (including phenoxy) is 2. The van der Waals surface area contributed by atoms with Gasteiger partial charge in [-0.15, -0.1) is 0 Å². The normalized spacial score (nSPS) is 11.6. The fraction of sp³-hybridized carbons (Fsp3) is 0.316. The van der Waals surface area contributed by atoms with Crippen molar-refractivity contribution in [3.63, 3.8) is 0 Å². The van der Waals surface area contributed by atoms with Gasteiger partial charge in [-0.05, 0) is 56.2 Å². The Kier molecular flexibility index (Phi) is 6.03. The second-order valence-electron chi connectivity index (χ2n) is 5.34. The predicted octanol–water partition coefficient (Wildman–Crippen LogP) is 3.65. The van der Waals surface area contributed by atoms with Crippen molar-refractivity contribution < 1.29 is 14.3 Å². The zero-order valence-electron chi connectivity index (χ0n) is 13.8. The Morgan fingerprint density at radius 1 is 1.04 bits per heavy atom. The van der Waals surface area contributed by atoms with E-state index in [0.29, 0.717) is 12.4 Å². The number of carbonyl (C=O) groups excluding carboxylic acids is 1. The van der Waals surface area contributed by atoms with Crippen molar-refractivity contribution in [3.05, 3.63) is 59.7 Å². The quantitative estimate of drug-likeness (QED) is 0.849. The summed E-state index contributed by atoms with van der Waals surface area (Å²) >= 11 is 0. The van der Waals surface area contributed by atoms with E-state index in [9.17, 15) is 4.79 Å². The number of hydrogen-bond acceptors (Lipinski definition) is 3. The maximum absolute atomic E-state index is 12.0. The minimum Gasteiger partial charge on any atom is -0.494 e. The Morgan fingerprint density at radius 3 is 2.26 bits per heavy atom. The molecular weight excluding hydrogens is 290 g/mol. The molecule has 0 radical (unpaired) electrons.